The highest BCUT2D eigenvalue weighted by molar-refractivity contribution is 8.18. The molecule has 4 rings (SSSR count). The molecular weight excluding hydrogens is 408 g/mol. The Labute approximate surface area is 175 Å². The second kappa shape index (κ2) is 8.42. The minimum Gasteiger partial charge on any atom is -0.484 e. The van der Waals surface area contributed by atoms with Gasteiger partial charge < -0.3 is 13.9 Å². The van der Waals surface area contributed by atoms with Crippen LogP contribution in [0, 0.1) is 0 Å². The minimum atomic E-state index is -0.409. The molecule has 3 aromatic rings. The lowest BCUT2D eigenvalue weighted by Gasteiger charge is -2.05. The average Bonchev–Trinajstić information content (AvgIpc) is 3.28. The van der Waals surface area contributed by atoms with E-state index in [-0.39, 0.29) is 17.8 Å². The molecule has 1 fully saturated rings. The van der Waals surface area contributed by atoms with Crippen LogP contribution in [0.25, 0.3) is 17.2 Å². The quantitative estimate of drug-likeness (QED) is 0.469. The van der Waals surface area contributed by atoms with Gasteiger partial charge >= 0.3 is 5.97 Å². The summed E-state index contributed by atoms with van der Waals surface area (Å²) in [6.45, 7) is 2.18. The number of benzene rings is 2. The van der Waals surface area contributed by atoms with Crippen molar-refractivity contribution in [3.8, 4) is 5.75 Å². The number of hydrogen-bond donors (Lipinski definition) is 1. The Kier molecular flexibility index (Phi) is 5.53. The third-order valence-electron chi connectivity index (χ3n) is 4.12. The summed E-state index contributed by atoms with van der Waals surface area (Å²) < 4.78 is 16.3. The second-order valence-corrected chi connectivity index (χ2v) is 7.24. The zero-order valence-electron chi connectivity index (χ0n) is 15.8. The fourth-order valence-corrected chi connectivity index (χ4v) is 3.45. The fraction of sp³-hybridized carbons (Fsp3) is 0.143. The third-order valence-corrected chi connectivity index (χ3v) is 4.93. The van der Waals surface area contributed by atoms with Gasteiger partial charge in [0.2, 0.25) is 5.89 Å². The number of esters is 1. The SMILES string of the molecule is CCOC(=O)c1ccc(OCc2nc3cc(C=C4SC(=O)NC4=O)ccc3o2)cc1. The predicted molar refractivity (Wildman–Crippen MR) is 110 cm³/mol. The van der Waals surface area contributed by atoms with Crippen LogP contribution in [0.3, 0.4) is 0 Å². The summed E-state index contributed by atoms with van der Waals surface area (Å²) in [7, 11) is 0. The topological polar surface area (TPSA) is 108 Å². The van der Waals surface area contributed by atoms with Gasteiger partial charge in [0.05, 0.1) is 17.1 Å². The van der Waals surface area contributed by atoms with Crippen LogP contribution in [-0.2, 0) is 16.1 Å². The molecule has 1 N–H and O–H groups in total. The van der Waals surface area contributed by atoms with Crippen LogP contribution in [0.15, 0.2) is 51.8 Å². The van der Waals surface area contributed by atoms with Crippen LogP contribution >= 0.6 is 11.8 Å². The van der Waals surface area contributed by atoms with Crippen molar-refractivity contribution in [2.45, 2.75) is 13.5 Å². The van der Waals surface area contributed by atoms with Gasteiger partial charge in [-0.2, -0.15) is 0 Å². The summed E-state index contributed by atoms with van der Waals surface area (Å²) in [5.41, 5.74) is 2.36. The summed E-state index contributed by atoms with van der Waals surface area (Å²) in [5.74, 6) is 0.150. The van der Waals surface area contributed by atoms with Crippen molar-refractivity contribution in [1.82, 2.24) is 10.3 Å². The van der Waals surface area contributed by atoms with E-state index in [1.165, 1.54) is 0 Å². The van der Waals surface area contributed by atoms with E-state index in [1.54, 1.807) is 55.5 Å². The van der Waals surface area contributed by atoms with Crippen LogP contribution in [0.4, 0.5) is 4.79 Å². The number of thioether (sulfide) groups is 1. The van der Waals surface area contributed by atoms with Gasteiger partial charge in [0.1, 0.15) is 11.3 Å². The maximum Gasteiger partial charge on any atom is 0.338 e. The lowest BCUT2D eigenvalue weighted by Crippen LogP contribution is -2.17. The zero-order valence-corrected chi connectivity index (χ0v) is 16.7. The lowest BCUT2D eigenvalue weighted by atomic mass is 10.2. The van der Waals surface area contributed by atoms with Crippen molar-refractivity contribution < 1.29 is 28.3 Å². The molecule has 1 aliphatic heterocycles. The molecule has 152 valence electrons. The minimum absolute atomic E-state index is 0.108. The molecule has 0 spiro atoms. The van der Waals surface area contributed by atoms with E-state index in [0.29, 0.717) is 39.8 Å². The van der Waals surface area contributed by atoms with Gasteiger partial charge in [-0.3, -0.25) is 14.9 Å². The first-order valence-electron chi connectivity index (χ1n) is 9.06. The van der Waals surface area contributed by atoms with Crippen molar-refractivity contribution in [2.75, 3.05) is 6.61 Å². The van der Waals surface area contributed by atoms with Crippen LogP contribution in [0.2, 0.25) is 0 Å². The van der Waals surface area contributed by atoms with Crippen LogP contribution in [-0.4, -0.2) is 28.7 Å². The first kappa shape index (κ1) is 19.7. The van der Waals surface area contributed by atoms with Gasteiger partial charge in [-0.05, 0) is 66.7 Å². The molecule has 0 saturated carbocycles. The van der Waals surface area contributed by atoms with Crippen molar-refractivity contribution >= 4 is 46.1 Å². The Morgan fingerprint density at radius 3 is 2.70 bits per heavy atom. The molecule has 2 amide bonds. The second-order valence-electron chi connectivity index (χ2n) is 6.22. The van der Waals surface area contributed by atoms with Crippen molar-refractivity contribution in [1.29, 1.82) is 0 Å². The summed E-state index contributed by atoms with van der Waals surface area (Å²) in [4.78, 5) is 39.3. The zero-order chi connectivity index (χ0) is 21.1. The normalized spacial score (nSPS) is 14.9. The number of imide groups is 1. The molecule has 2 aromatic carbocycles. The van der Waals surface area contributed by atoms with Crippen molar-refractivity contribution in [2.24, 2.45) is 0 Å². The van der Waals surface area contributed by atoms with Crippen LogP contribution in [0.5, 0.6) is 5.75 Å². The molecule has 8 nitrogen and oxygen atoms in total. The highest BCUT2D eigenvalue weighted by Gasteiger charge is 2.25. The van der Waals surface area contributed by atoms with Gasteiger partial charge in [0.25, 0.3) is 11.1 Å². The highest BCUT2D eigenvalue weighted by atomic mass is 32.2. The maximum atomic E-state index is 11.7. The van der Waals surface area contributed by atoms with E-state index in [2.05, 4.69) is 10.3 Å². The fourth-order valence-electron chi connectivity index (χ4n) is 2.76. The van der Waals surface area contributed by atoms with E-state index in [4.69, 9.17) is 13.9 Å². The average molecular weight is 424 g/mol. The number of oxazole rings is 1. The highest BCUT2D eigenvalue weighted by Crippen LogP contribution is 2.27. The number of ether oxygens (including phenoxy) is 2. The largest absolute Gasteiger partial charge is 0.484 e. The molecule has 0 bridgehead atoms. The number of amides is 2. The van der Waals surface area contributed by atoms with E-state index in [1.807, 2.05) is 0 Å². The number of rotatable bonds is 6. The third kappa shape index (κ3) is 4.36. The van der Waals surface area contributed by atoms with E-state index >= 15 is 0 Å². The molecule has 2 heterocycles. The standard InChI is InChI=1S/C21H16N2O6S/c1-2-27-20(25)13-4-6-14(7-5-13)28-11-18-22-15-9-12(3-8-16(15)29-18)10-17-19(24)23-21(26)30-17/h3-10H,2,11H2,1H3,(H,23,24,26). The summed E-state index contributed by atoms with van der Waals surface area (Å²) in [5, 5.41) is 1.83. The van der Waals surface area contributed by atoms with Crippen LogP contribution in [0.1, 0.15) is 28.7 Å². The van der Waals surface area contributed by atoms with Crippen molar-refractivity contribution in [3.05, 3.63) is 64.4 Å². The van der Waals surface area contributed by atoms with E-state index in [9.17, 15) is 14.4 Å². The number of carbonyl (C=O) groups excluding carboxylic acids is 3. The molecule has 1 aromatic heterocycles. The Morgan fingerprint density at radius 2 is 2.00 bits per heavy atom. The number of hydrogen-bond acceptors (Lipinski definition) is 8. The molecule has 0 aliphatic carbocycles. The number of aromatic nitrogens is 1. The molecule has 1 aliphatic rings. The molecule has 30 heavy (non-hydrogen) atoms. The smallest absolute Gasteiger partial charge is 0.338 e. The van der Waals surface area contributed by atoms with Gasteiger partial charge in [-0.1, -0.05) is 6.07 Å². The molecule has 1 saturated heterocycles. The Morgan fingerprint density at radius 1 is 1.20 bits per heavy atom. The number of nitrogens with one attached hydrogen (secondary N) is 1. The Hall–Kier alpha value is -3.59. The van der Waals surface area contributed by atoms with Gasteiger partial charge in [-0.25, -0.2) is 9.78 Å². The molecular formula is C21H16N2O6S. The first-order chi connectivity index (χ1) is 14.5. The maximum absolute atomic E-state index is 11.7. The molecule has 0 atom stereocenters. The number of carbonyl (C=O) groups is 3. The Bertz CT molecular complexity index is 1170. The van der Waals surface area contributed by atoms with Gasteiger partial charge in [0.15, 0.2) is 12.2 Å². The molecule has 0 radical (unpaired) electrons. The summed E-state index contributed by atoms with van der Waals surface area (Å²) >= 11 is 0.859. The van der Waals surface area contributed by atoms with E-state index < -0.39 is 5.91 Å². The van der Waals surface area contributed by atoms with Gasteiger partial charge in [-0.15, -0.1) is 0 Å². The monoisotopic (exact) mass is 424 g/mol. The predicted octanol–water partition coefficient (Wildman–Crippen LogP) is 3.91. The lowest BCUT2D eigenvalue weighted by molar-refractivity contribution is -0.115. The summed E-state index contributed by atoms with van der Waals surface area (Å²) in [6, 6.07) is 11.9. The van der Waals surface area contributed by atoms with Gasteiger partial charge in [0, 0.05) is 0 Å². The Balaban J connectivity index is 1.44. The number of fused-ring (bicyclic) bond motifs is 1. The van der Waals surface area contributed by atoms with Crippen molar-refractivity contribution in [3.63, 3.8) is 0 Å². The molecule has 9 heteroatoms. The molecule has 0 unspecified atom stereocenters. The van der Waals surface area contributed by atoms with Crippen LogP contribution < -0.4 is 10.1 Å². The first-order valence-corrected chi connectivity index (χ1v) is 9.88. The number of nitrogens with zero attached hydrogens (tertiary/aromatic N) is 1. The van der Waals surface area contributed by atoms with E-state index in [0.717, 1.165) is 17.3 Å². The summed E-state index contributed by atoms with van der Waals surface area (Å²) in [6.07, 6.45) is 1.63.